The van der Waals surface area contributed by atoms with E-state index in [0.717, 1.165) is 0 Å². The van der Waals surface area contributed by atoms with Crippen molar-refractivity contribution in [2.75, 3.05) is 12.4 Å². The highest BCUT2D eigenvalue weighted by atomic mass is 79.9. The summed E-state index contributed by atoms with van der Waals surface area (Å²) in [6.07, 6.45) is 0. The molecule has 8 heteroatoms. The molecule has 2 amide bonds. The Bertz CT molecular complexity index is 1030. The summed E-state index contributed by atoms with van der Waals surface area (Å²) in [7, 11) is 1.26. The lowest BCUT2D eigenvalue weighted by atomic mass is 10.1. The van der Waals surface area contributed by atoms with Gasteiger partial charge in [-0.2, -0.15) is 0 Å². The van der Waals surface area contributed by atoms with E-state index in [1.807, 2.05) is 6.07 Å². The number of hydrogen-bond donors (Lipinski definition) is 2. The summed E-state index contributed by atoms with van der Waals surface area (Å²) in [6, 6.07) is 17.3. The molecule has 0 fully saturated rings. The SMILES string of the molecule is COC(=O)C(NC(=O)c1cccc(NC(=O)c2ccc(Br)o2)c1)c1ccccc1. The lowest BCUT2D eigenvalue weighted by Gasteiger charge is -2.17. The van der Waals surface area contributed by atoms with Gasteiger partial charge >= 0.3 is 5.97 Å². The standard InChI is InChI=1S/C21H17BrN2O5/c1-28-21(27)18(13-6-3-2-4-7-13)24-19(25)14-8-5-9-15(12-14)23-20(26)16-10-11-17(22)29-16/h2-12,18H,1H3,(H,23,26)(H,24,25). The van der Waals surface area contributed by atoms with Crippen LogP contribution in [-0.4, -0.2) is 24.9 Å². The highest BCUT2D eigenvalue weighted by Crippen LogP contribution is 2.19. The van der Waals surface area contributed by atoms with Gasteiger partial charge < -0.3 is 19.8 Å². The molecule has 3 aromatic rings. The molecule has 0 spiro atoms. The van der Waals surface area contributed by atoms with Crippen molar-refractivity contribution >= 4 is 39.4 Å². The van der Waals surface area contributed by atoms with Crippen LogP contribution in [0.25, 0.3) is 0 Å². The zero-order chi connectivity index (χ0) is 20.8. The molecule has 0 aliphatic carbocycles. The topological polar surface area (TPSA) is 97.6 Å². The van der Waals surface area contributed by atoms with E-state index < -0.39 is 23.8 Å². The van der Waals surface area contributed by atoms with E-state index >= 15 is 0 Å². The molecule has 2 N–H and O–H groups in total. The van der Waals surface area contributed by atoms with E-state index in [4.69, 9.17) is 9.15 Å². The van der Waals surface area contributed by atoms with Crippen molar-refractivity contribution < 1.29 is 23.5 Å². The molecular weight excluding hydrogens is 440 g/mol. The smallest absolute Gasteiger partial charge is 0.333 e. The van der Waals surface area contributed by atoms with E-state index in [2.05, 4.69) is 26.6 Å². The molecule has 0 aliphatic heterocycles. The van der Waals surface area contributed by atoms with Gasteiger partial charge in [-0.25, -0.2) is 4.79 Å². The third kappa shape index (κ3) is 5.11. The Morgan fingerprint density at radius 2 is 1.72 bits per heavy atom. The molecule has 0 saturated heterocycles. The van der Waals surface area contributed by atoms with E-state index in [1.165, 1.54) is 19.2 Å². The molecule has 0 radical (unpaired) electrons. The minimum absolute atomic E-state index is 0.126. The second-order valence-electron chi connectivity index (χ2n) is 5.98. The molecule has 1 aromatic heterocycles. The highest BCUT2D eigenvalue weighted by Gasteiger charge is 2.24. The van der Waals surface area contributed by atoms with Crippen LogP contribution in [0.3, 0.4) is 0 Å². The predicted octanol–water partition coefficient (Wildman–Crippen LogP) is 3.94. The summed E-state index contributed by atoms with van der Waals surface area (Å²) < 4.78 is 10.5. The first-order chi connectivity index (χ1) is 14.0. The molecule has 0 saturated carbocycles. The molecule has 0 aliphatic rings. The van der Waals surface area contributed by atoms with Crippen molar-refractivity contribution in [1.29, 1.82) is 0 Å². The number of benzene rings is 2. The van der Waals surface area contributed by atoms with E-state index in [1.54, 1.807) is 48.5 Å². The third-order valence-corrected chi connectivity index (χ3v) is 4.45. The number of halogens is 1. The van der Waals surface area contributed by atoms with Gasteiger partial charge in [0.05, 0.1) is 7.11 Å². The zero-order valence-electron chi connectivity index (χ0n) is 15.3. The third-order valence-electron chi connectivity index (χ3n) is 4.02. The molecule has 3 rings (SSSR count). The Kier molecular flexibility index (Phi) is 6.46. The average molecular weight is 457 g/mol. The van der Waals surface area contributed by atoms with Crippen LogP contribution >= 0.6 is 15.9 Å². The molecule has 0 bridgehead atoms. The highest BCUT2D eigenvalue weighted by molar-refractivity contribution is 9.10. The molecule has 148 valence electrons. The number of carbonyl (C=O) groups is 3. The largest absolute Gasteiger partial charge is 0.467 e. The van der Waals surface area contributed by atoms with E-state index in [-0.39, 0.29) is 11.3 Å². The summed E-state index contributed by atoms with van der Waals surface area (Å²) in [5, 5.41) is 5.33. The maximum atomic E-state index is 12.7. The number of hydrogen-bond acceptors (Lipinski definition) is 5. The van der Waals surface area contributed by atoms with Crippen LogP contribution in [0.2, 0.25) is 0 Å². The van der Waals surface area contributed by atoms with Crippen LogP contribution in [0, 0.1) is 0 Å². The van der Waals surface area contributed by atoms with Gasteiger partial charge in [-0.15, -0.1) is 0 Å². The summed E-state index contributed by atoms with van der Waals surface area (Å²) in [6.45, 7) is 0. The monoisotopic (exact) mass is 456 g/mol. The van der Waals surface area contributed by atoms with Gasteiger partial charge in [0.25, 0.3) is 11.8 Å². The lowest BCUT2D eigenvalue weighted by molar-refractivity contribution is -0.143. The molecule has 1 heterocycles. The summed E-state index contributed by atoms with van der Waals surface area (Å²) in [4.78, 5) is 37.1. The number of ether oxygens (including phenoxy) is 1. The lowest BCUT2D eigenvalue weighted by Crippen LogP contribution is -2.34. The van der Waals surface area contributed by atoms with Crippen LogP contribution in [0.15, 0.2) is 75.8 Å². The van der Waals surface area contributed by atoms with Gasteiger partial charge in [0.2, 0.25) is 0 Å². The van der Waals surface area contributed by atoms with Crippen molar-refractivity contribution in [1.82, 2.24) is 5.32 Å². The maximum Gasteiger partial charge on any atom is 0.333 e. The fourth-order valence-corrected chi connectivity index (χ4v) is 2.93. The van der Waals surface area contributed by atoms with Gasteiger partial charge in [0, 0.05) is 11.3 Å². The first-order valence-corrected chi connectivity index (χ1v) is 9.37. The molecule has 1 atom stereocenters. The average Bonchev–Trinajstić information content (AvgIpc) is 3.18. The van der Waals surface area contributed by atoms with Crippen molar-refractivity contribution in [3.8, 4) is 0 Å². The molecule has 1 unspecified atom stereocenters. The second kappa shape index (κ2) is 9.20. The molecule has 2 aromatic carbocycles. The first kappa shape index (κ1) is 20.3. The number of nitrogens with one attached hydrogen (secondary N) is 2. The van der Waals surface area contributed by atoms with Crippen molar-refractivity contribution in [3.05, 3.63) is 88.3 Å². The van der Waals surface area contributed by atoms with E-state index in [9.17, 15) is 14.4 Å². The predicted molar refractivity (Wildman–Crippen MR) is 109 cm³/mol. The first-order valence-electron chi connectivity index (χ1n) is 8.58. The molecular formula is C21H17BrN2O5. The summed E-state index contributed by atoms with van der Waals surface area (Å²) >= 11 is 3.14. The summed E-state index contributed by atoms with van der Waals surface area (Å²) in [5.41, 5.74) is 1.28. The van der Waals surface area contributed by atoms with Gasteiger partial charge in [-0.05, 0) is 51.8 Å². The number of anilines is 1. The van der Waals surface area contributed by atoms with Crippen molar-refractivity contribution in [2.24, 2.45) is 0 Å². The fraction of sp³-hybridized carbons (Fsp3) is 0.0952. The minimum atomic E-state index is -0.951. The number of amides is 2. The normalized spacial score (nSPS) is 11.4. The van der Waals surface area contributed by atoms with Gasteiger partial charge in [-0.1, -0.05) is 36.4 Å². The number of furan rings is 1. The number of carbonyl (C=O) groups excluding carboxylic acids is 3. The van der Waals surface area contributed by atoms with E-state index in [0.29, 0.717) is 15.9 Å². The van der Waals surface area contributed by atoms with Gasteiger partial charge in [-0.3, -0.25) is 9.59 Å². The Labute approximate surface area is 175 Å². The van der Waals surface area contributed by atoms with Crippen molar-refractivity contribution in [2.45, 2.75) is 6.04 Å². The Hall–Kier alpha value is -3.39. The number of methoxy groups -OCH3 is 1. The minimum Gasteiger partial charge on any atom is -0.467 e. The quantitative estimate of drug-likeness (QED) is 0.547. The van der Waals surface area contributed by atoms with Crippen LogP contribution in [0.4, 0.5) is 5.69 Å². The van der Waals surface area contributed by atoms with Gasteiger partial charge in [0.15, 0.2) is 16.5 Å². The Morgan fingerprint density at radius 3 is 2.38 bits per heavy atom. The zero-order valence-corrected chi connectivity index (χ0v) is 16.9. The van der Waals surface area contributed by atoms with Crippen molar-refractivity contribution in [3.63, 3.8) is 0 Å². The summed E-state index contributed by atoms with van der Waals surface area (Å²) in [5.74, 6) is -1.40. The fourth-order valence-electron chi connectivity index (χ4n) is 2.62. The second-order valence-corrected chi connectivity index (χ2v) is 6.76. The van der Waals surface area contributed by atoms with Crippen LogP contribution in [-0.2, 0) is 9.53 Å². The van der Waals surface area contributed by atoms with Crippen LogP contribution in [0.5, 0.6) is 0 Å². The Balaban J connectivity index is 1.76. The number of rotatable bonds is 6. The molecule has 7 nitrogen and oxygen atoms in total. The maximum absolute atomic E-state index is 12.7. The van der Waals surface area contributed by atoms with Gasteiger partial charge in [0.1, 0.15) is 0 Å². The van der Waals surface area contributed by atoms with Crippen LogP contribution in [0.1, 0.15) is 32.5 Å². The van der Waals surface area contributed by atoms with Crippen LogP contribution < -0.4 is 10.6 Å². The number of esters is 1. The Morgan fingerprint density at radius 1 is 0.966 bits per heavy atom. The molecule has 29 heavy (non-hydrogen) atoms.